The molecule has 9 heteroatoms. The maximum absolute atomic E-state index is 14.4. The molecule has 1 saturated heterocycles. The third-order valence-corrected chi connectivity index (χ3v) is 7.37. The quantitative estimate of drug-likeness (QED) is 0.156. The van der Waals surface area contributed by atoms with Crippen LogP contribution in [0.2, 0.25) is 0 Å². The molecule has 1 aliphatic heterocycles. The van der Waals surface area contributed by atoms with Crippen molar-refractivity contribution in [3.8, 4) is 0 Å². The van der Waals surface area contributed by atoms with Crippen LogP contribution >= 0.6 is 24.0 Å². The number of amides is 1. The number of thiocarbonyl (C=S) groups is 1. The van der Waals surface area contributed by atoms with E-state index < -0.39 is 17.6 Å². The van der Waals surface area contributed by atoms with Gasteiger partial charge < -0.3 is 4.57 Å². The first-order chi connectivity index (χ1) is 17.1. The molecule has 0 radical (unpaired) electrons. The molecular formula is C27H18F4N2OS2. The van der Waals surface area contributed by atoms with Gasteiger partial charge in [-0.25, -0.2) is 4.39 Å². The minimum Gasteiger partial charge on any atom is -0.340 e. The number of para-hydroxylation sites is 1. The predicted molar refractivity (Wildman–Crippen MR) is 139 cm³/mol. The summed E-state index contributed by atoms with van der Waals surface area (Å²) in [7, 11) is 0. The van der Waals surface area contributed by atoms with Gasteiger partial charge in [0.05, 0.1) is 22.7 Å². The van der Waals surface area contributed by atoms with Gasteiger partial charge in [0.15, 0.2) is 4.32 Å². The van der Waals surface area contributed by atoms with Crippen LogP contribution in [-0.4, -0.2) is 14.8 Å². The Hall–Kier alpha value is -3.43. The van der Waals surface area contributed by atoms with Crippen molar-refractivity contribution >= 4 is 56.9 Å². The van der Waals surface area contributed by atoms with Crippen molar-refractivity contribution < 1.29 is 22.4 Å². The van der Waals surface area contributed by atoms with E-state index in [4.69, 9.17) is 12.2 Å². The number of thioether (sulfide) groups is 1. The smallest absolute Gasteiger partial charge is 0.340 e. The Morgan fingerprint density at radius 2 is 1.72 bits per heavy atom. The van der Waals surface area contributed by atoms with Crippen molar-refractivity contribution in [1.29, 1.82) is 0 Å². The Morgan fingerprint density at radius 3 is 2.47 bits per heavy atom. The Labute approximate surface area is 214 Å². The summed E-state index contributed by atoms with van der Waals surface area (Å²) in [6.07, 6.45) is -2.83. The van der Waals surface area contributed by atoms with E-state index in [9.17, 15) is 22.4 Å². The molecule has 0 N–H and O–H groups in total. The summed E-state index contributed by atoms with van der Waals surface area (Å²) in [4.78, 5) is 14.7. The van der Waals surface area contributed by atoms with E-state index in [-0.39, 0.29) is 15.8 Å². The van der Waals surface area contributed by atoms with Crippen LogP contribution in [0.3, 0.4) is 0 Å². The largest absolute Gasteiger partial charge is 0.416 e. The molecular weight excluding hydrogens is 508 g/mol. The second-order valence-electron chi connectivity index (χ2n) is 8.26. The minimum atomic E-state index is -4.54. The Bertz CT molecular complexity index is 1560. The van der Waals surface area contributed by atoms with Crippen LogP contribution in [0.25, 0.3) is 17.0 Å². The molecule has 5 rings (SSSR count). The Kier molecular flexibility index (Phi) is 6.22. The summed E-state index contributed by atoms with van der Waals surface area (Å²) < 4.78 is 56.1. The highest BCUT2D eigenvalue weighted by atomic mass is 32.2. The van der Waals surface area contributed by atoms with Crippen LogP contribution in [0, 0.1) is 12.7 Å². The molecule has 1 aliphatic rings. The monoisotopic (exact) mass is 526 g/mol. The van der Waals surface area contributed by atoms with E-state index >= 15 is 0 Å². The van der Waals surface area contributed by atoms with E-state index in [2.05, 4.69) is 0 Å². The zero-order chi connectivity index (χ0) is 25.6. The lowest BCUT2D eigenvalue weighted by atomic mass is 10.1. The number of anilines is 1. The maximum atomic E-state index is 14.4. The fourth-order valence-electron chi connectivity index (χ4n) is 4.28. The number of rotatable bonds is 4. The lowest BCUT2D eigenvalue weighted by Crippen LogP contribution is -2.27. The Balaban J connectivity index is 1.56. The van der Waals surface area contributed by atoms with Crippen LogP contribution in [-0.2, 0) is 17.5 Å². The second kappa shape index (κ2) is 9.22. The highest BCUT2D eigenvalue weighted by Gasteiger charge is 2.36. The molecule has 2 heterocycles. The van der Waals surface area contributed by atoms with Gasteiger partial charge in [-0.15, -0.1) is 0 Å². The van der Waals surface area contributed by atoms with E-state index in [0.717, 1.165) is 51.0 Å². The SMILES string of the molecule is Cc1c(/C=C2/SC(=S)N(c3cccc(C(F)(F)F)c3)C2=O)c2ccccc2n1Cc1ccccc1F. The van der Waals surface area contributed by atoms with Gasteiger partial charge >= 0.3 is 6.18 Å². The molecule has 0 atom stereocenters. The average Bonchev–Trinajstić information content (AvgIpc) is 3.27. The van der Waals surface area contributed by atoms with Crippen LogP contribution in [0.5, 0.6) is 0 Å². The van der Waals surface area contributed by atoms with Gasteiger partial charge in [-0.3, -0.25) is 9.69 Å². The average molecular weight is 527 g/mol. The topological polar surface area (TPSA) is 25.2 Å². The summed E-state index contributed by atoms with van der Waals surface area (Å²) in [6.45, 7) is 2.19. The fourth-order valence-corrected chi connectivity index (χ4v) is 5.56. The predicted octanol–water partition coefficient (Wildman–Crippen LogP) is 7.56. The van der Waals surface area contributed by atoms with E-state index in [1.54, 1.807) is 24.3 Å². The number of hydrogen-bond acceptors (Lipinski definition) is 3. The van der Waals surface area contributed by atoms with Gasteiger partial charge in [0, 0.05) is 27.7 Å². The molecule has 4 aromatic rings. The van der Waals surface area contributed by atoms with Crippen molar-refractivity contribution in [2.24, 2.45) is 0 Å². The molecule has 3 nitrogen and oxygen atoms in total. The zero-order valence-electron chi connectivity index (χ0n) is 18.8. The molecule has 0 unspecified atom stereocenters. The first-order valence-corrected chi connectivity index (χ1v) is 12.1. The number of benzene rings is 3. The molecule has 1 aromatic heterocycles. The van der Waals surface area contributed by atoms with Crippen LogP contribution < -0.4 is 4.90 Å². The van der Waals surface area contributed by atoms with Gasteiger partial charge in [-0.05, 0) is 43.3 Å². The Morgan fingerprint density at radius 1 is 1.00 bits per heavy atom. The molecule has 1 fully saturated rings. The number of hydrogen-bond donors (Lipinski definition) is 0. The first-order valence-electron chi connectivity index (χ1n) is 10.9. The van der Waals surface area contributed by atoms with Crippen LogP contribution in [0.4, 0.5) is 23.2 Å². The van der Waals surface area contributed by atoms with Crippen LogP contribution in [0.1, 0.15) is 22.4 Å². The normalized spacial score (nSPS) is 15.5. The van der Waals surface area contributed by atoms with Crippen molar-refractivity contribution in [2.75, 3.05) is 4.90 Å². The molecule has 36 heavy (non-hydrogen) atoms. The fraction of sp³-hybridized carbons (Fsp3) is 0.111. The lowest BCUT2D eigenvalue weighted by molar-refractivity contribution is -0.137. The summed E-state index contributed by atoms with van der Waals surface area (Å²) in [5.74, 6) is -0.798. The third kappa shape index (κ3) is 4.33. The van der Waals surface area contributed by atoms with E-state index in [1.807, 2.05) is 35.8 Å². The van der Waals surface area contributed by atoms with Gasteiger partial charge in [0.1, 0.15) is 5.82 Å². The molecule has 3 aromatic carbocycles. The van der Waals surface area contributed by atoms with E-state index in [1.165, 1.54) is 18.2 Å². The van der Waals surface area contributed by atoms with Gasteiger partial charge in [0.25, 0.3) is 5.91 Å². The number of alkyl halides is 3. The standard InChI is InChI=1S/C27H18F4N2OS2/c1-16-21(20-10-3-5-12-23(20)32(16)15-17-7-2-4-11-22(17)28)14-24-25(34)33(26(35)36-24)19-9-6-8-18(13-19)27(29,30)31/h2-14H,15H2,1H3/b24-14+. The highest BCUT2D eigenvalue weighted by molar-refractivity contribution is 8.27. The maximum Gasteiger partial charge on any atom is 0.416 e. The summed E-state index contributed by atoms with van der Waals surface area (Å²) in [5, 5.41) is 0.871. The molecule has 0 saturated carbocycles. The van der Waals surface area contributed by atoms with Crippen LogP contribution in [0.15, 0.2) is 77.7 Å². The van der Waals surface area contributed by atoms with Gasteiger partial charge in [-0.1, -0.05) is 66.4 Å². The van der Waals surface area contributed by atoms with Crippen molar-refractivity contribution in [1.82, 2.24) is 4.57 Å². The number of aromatic nitrogens is 1. The molecule has 1 amide bonds. The zero-order valence-corrected chi connectivity index (χ0v) is 20.5. The number of carbonyl (C=O) groups is 1. The number of carbonyl (C=O) groups excluding carboxylic acids is 1. The molecule has 0 bridgehead atoms. The van der Waals surface area contributed by atoms with Crippen molar-refractivity contribution in [3.63, 3.8) is 0 Å². The minimum absolute atomic E-state index is 0.0643. The molecule has 182 valence electrons. The third-order valence-electron chi connectivity index (χ3n) is 6.07. The highest BCUT2D eigenvalue weighted by Crippen LogP contribution is 2.40. The number of fused-ring (bicyclic) bond motifs is 1. The summed E-state index contributed by atoms with van der Waals surface area (Å²) in [6, 6.07) is 18.7. The van der Waals surface area contributed by atoms with E-state index in [0.29, 0.717) is 17.0 Å². The molecule has 0 spiro atoms. The van der Waals surface area contributed by atoms with Crippen molar-refractivity contribution in [3.05, 3.63) is 106 Å². The summed E-state index contributed by atoms with van der Waals surface area (Å²) in [5.41, 5.74) is 2.21. The second-order valence-corrected chi connectivity index (χ2v) is 9.93. The number of halogens is 4. The summed E-state index contributed by atoms with van der Waals surface area (Å²) >= 11 is 6.40. The van der Waals surface area contributed by atoms with Gasteiger partial charge in [0.2, 0.25) is 0 Å². The number of nitrogens with zero attached hydrogens (tertiary/aromatic N) is 2. The van der Waals surface area contributed by atoms with Crippen molar-refractivity contribution in [2.45, 2.75) is 19.6 Å². The lowest BCUT2D eigenvalue weighted by Gasteiger charge is -2.16. The van der Waals surface area contributed by atoms with Gasteiger partial charge in [-0.2, -0.15) is 13.2 Å². The first kappa shape index (κ1) is 24.3. The molecule has 0 aliphatic carbocycles.